The number of hydrogen-bond donors (Lipinski definition) is 2. The first kappa shape index (κ1) is 20.8. The summed E-state index contributed by atoms with van der Waals surface area (Å²) < 4.78 is 5.23. The lowest BCUT2D eigenvalue weighted by Gasteiger charge is -2.14. The first-order valence-corrected chi connectivity index (χ1v) is 10.4. The fourth-order valence-corrected chi connectivity index (χ4v) is 3.94. The molecular formula is C23H24N2O3S. The van der Waals surface area contributed by atoms with Crippen LogP contribution in [-0.4, -0.2) is 25.0 Å². The van der Waals surface area contributed by atoms with Crippen molar-refractivity contribution in [3.8, 4) is 11.1 Å². The topological polar surface area (TPSA) is 67.4 Å². The second-order valence-electron chi connectivity index (χ2n) is 6.50. The van der Waals surface area contributed by atoms with Crippen molar-refractivity contribution in [3.05, 3.63) is 77.2 Å². The Morgan fingerprint density at radius 1 is 1.03 bits per heavy atom. The van der Waals surface area contributed by atoms with Gasteiger partial charge in [-0.3, -0.25) is 4.79 Å². The Kier molecular flexibility index (Phi) is 7.16. The molecule has 0 radical (unpaired) electrons. The molecule has 0 aliphatic heterocycles. The summed E-state index contributed by atoms with van der Waals surface area (Å²) in [7, 11) is 0. The van der Waals surface area contributed by atoms with E-state index < -0.39 is 5.97 Å². The molecule has 0 saturated heterocycles. The number of carbonyl (C=O) groups is 2. The van der Waals surface area contributed by atoms with E-state index in [1.54, 1.807) is 6.92 Å². The van der Waals surface area contributed by atoms with Crippen LogP contribution in [0.15, 0.2) is 66.0 Å². The van der Waals surface area contributed by atoms with Crippen LogP contribution >= 0.6 is 11.3 Å². The van der Waals surface area contributed by atoms with E-state index >= 15 is 0 Å². The average Bonchev–Trinajstić information content (AvgIpc) is 3.17. The van der Waals surface area contributed by atoms with Gasteiger partial charge < -0.3 is 15.4 Å². The number of hydrogen-bond acceptors (Lipinski definition) is 5. The second kappa shape index (κ2) is 10.0. The third-order valence-corrected chi connectivity index (χ3v) is 5.37. The molecule has 3 rings (SSSR count). The lowest BCUT2D eigenvalue weighted by molar-refractivity contribution is -0.115. The molecule has 0 saturated carbocycles. The van der Waals surface area contributed by atoms with Crippen LogP contribution in [-0.2, 0) is 9.53 Å². The Hall–Kier alpha value is -2.96. The number of anilines is 1. The molecule has 6 heteroatoms. The highest BCUT2D eigenvalue weighted by Crippen LogP contribution is 2.36. The van der Waals surface area contributed by atoms with Gasteiger partial charge in [-0.25, -0.2) is 4.79 Å². The van der Waals surface area contributed by atoms with E-state index in [1.807, 2.05) is 73.0 Å². The molecule has 1 aromatic heterocycles. The molecule has 150 valence electrons. The zero-order valence-electron chi connectivity index (χ0n) is 16.5. The van der Waals surface area contributed by atoms with Gasteiger partial charge in [0.15, 0.2) is 0 Å². The molecule has 0 fully saturated rings. The van der Waals surface area contributed by atoms with Crippen molar-refractivity contribution < 1.29 is 14.3 Å². The molecule has 29 heavy (non-hydrogen) atoms. The van der Waals surface area contributed by atoms with Crippen LogP contribution in [0.3, 0.4) is 0 Å². The van der Waals surface area contributed by atoms with Gasteiger partial charge in [0, 0.05) is 17.0 Å². The Morgan fingerprint density at radius 3 is 2.34 bits per heavy atom. The smallest absolute Gasteiger partial charge is 0.341 e. The number of esters is 1. The molecule has 1 heterocycles. The Balaban J connectivity index is 1.73. The average molecular weight is 409 g/mol. The number of nitrogens with one attached hydrogen (secondary N) is 2. The van der Waals surface area contributed by atoms with Crippen LogP contribution in [0.4, 0.5) is 5.00 Å². The van der Waals surface area contributed by atoms with Crippen LogP contribution < -0.4 is 10.6 Å². The number of benzene rings is 2. The molecule has 0 unspecified atom stereocenters. The Morgan fingerprint density at radius 2 is 1.69 bits per heavy atom. The van der Waals surface area contributed by atoms with Gasteiger partial charge in [0.25, 0.3) is 0 Å². The minimum Gasteiger partial charge on any atom is -0.462 e. The van der Waals surface area contributed by atoms with Crippen molar-refractivity contribution in [3.63, 3.8) is 0 Å². The van der Waals surface area contributed by atoms with E-state index in [-0.39, 0.29) is 25.1 Å². The highest BCUT2D eigenvalue weighted by atomic mass is 32.1. The van der Waals surface area contributed by atoms with Gasteiger partial charge in [0.1, 0.15) is 10.6 Å². The van der Waals surface area contributed by atoms with Gasteiger partial charge in [0.2, 0.25) is 5.91 Å². The molecule has 0 aliphatic carbocycles. The zero-order valence-corrected chi connectivity index (χ0v) is 17.3. The van der Waals surface area contributed by atoms with Crippen molar-refractivity contribution >= 4 is 28.2 Å². The molecule has 0 aliphatic rings. The minimum absolute atomic E-state index is 0.0368. The standard InChI is InChI=1S/C23H24N2O3S/c1-3-28-23(27)21-19(18-12-8-5-9-13-18)15-29-22(21)25-20(26)14-24-16(2)17-10-6-4-7-11-17/h4-13,15-16,24H,3,14H2,1-2H3,(H,25,26)/t16-/m1/s1. The van der Waals surface area contributed by atoms with Gasteiger partial charge in [-0.2, -0.15) is 0 Å². The van der Waals surface area contributed by atoms with Crippen LogP contribution in [0.1, 0.15) is 35.8 Å². The number of thiophene rings is 1. The first-order chi connectivity index (χ1) is 14.1. The summed E-state index contributed by atoms with van der Waals surface area (Å²) in [5.41, 5.74) is 3.17. The normalized spacial score (nSPS) is 11.7. The quantitative estimate of drug-likeness (QED) is 0.521. The molecule has 0 bridgehead atoms. The van der Waals surface area contributed by atoms with E-state index in [0.29, 0.717) is 10.6 Å². The van der Waals surface area contributed by atoms with Crippen molar-refractivity contribution in [1.29, 1.82) is 0 Å². The first-order valence-electron chi connectivity index (χ1n) is 9.52. The summed E-state index contributed by atoms with van der Waals surface area (Å²) in [5.74, 6) is -0.645. The molecule has 1 amide bonds. The van der Waals surface area contributed by atoms with E-state index in [4.69, 9.17) is 4.74 Å². The van der Waals surface area contributed by atoms with Crippen LogP contribution in [0, 0.1) is 0 Å². The maximum Gasteiger partial charge on any atom is 0.341 e. The molecular weight excluding hydrogens is 384 g/mol. The number of amides is 1. The minimum atomic E-state index is -0.437. The van der Waals surface area contributed by atoms with E-state index in [9.17, 15) is 9.59 Å². The maximum absolute atomic E-state index is 12.6. The van der Waals surface area contributed by atoms with E-state index in [0.717, 1.165) is 16.7 Å². The molecule has 5 nitrogen and oxygen atoms in total. The lowest BCUT2D eigenvalue weighted by Crippen LogP contribution is -2.30. The predicted molar refractivity (Wildman–Crippen MR) is 117 cm³/mol. The van der Waals surface area contributed by atoms with Crippen molar-refractivity contribution in [2.45, 2.75) is 19.9 Å². The largest absolute Gasteiger partial charge is 0.462 e. The third-order valence-electron chi connectivity index (χ3n) is 4.48. The fraction of sp³-hybridized carbons (Fsp3) is 0.217. The Bertz CT molecular complexity index is 955. The highest BCUT2D eigenvalue weighted by Gasteiger charge is 2.22. The monoisotopic (exact) mass is 408 g/mol. The van der Waals surface area contributed by atoms with Gasteiger partial charge in [0.05, 0.1) is 13.2 Å². The van der Waals surface area contributed by atoms with E-state index in [1.165, 1.54) is 11.3 Å². The molecule has 1 atom stereocenters. The number of carbonyl (C=O) groups excluding carboxylic acids is 2. The highest BCUT2D eigenvalue weighted by molar-refractivity contribution is 7.15. The van der Waals surface area contributed by atoms with Crippen LogP contribution in [0.25, 0.3) is 11.1 Å². The molecule has 2 N–H and O–H groups in total. The summed E-state index contributed by atoms with van der Waals surface area (Å²) in [6.45, 7) is 4.17. The van der Waals surface area contributed by atoms with Crippen molar-refractivity contribution in [2.75, 3.05) is 18.5 Å². The van der Waals surface area contributed by atoms with E-state index in [2.05, 4.69) is 10.6 Å². The summed E-state index contributed by atoms with van der Waals surface area (Å²) >= 11 is 1.32. The third kappa shape index (κ3) is 5.31. The fourth-order valence-electron chi connectivity index (χ4n) is 2.96. The molecule has 0 spiro atoms. The van der Waals surface area contributed by atoms with Gasteiger partial charge >= 0.3 is 5.97 Å². The van der Waals surface area contributed by atoms with Gasteiger partial charge in [-0.1, -0.05) is 60.7 Å². The maximum atomic E-state index is 12.6. The zero-order chi connectivity index (χ0) is 20.6. The van der Waals surface area contributed by atoms with Crippen molar-refractivity contribution in [2.24, 2.45) is 0 Å². The summed E-state index contributed by atoms with van der Waals surface area (Å²) in [4.78, 5) is 25.1. The van der Waals surface area contributed by atoms with Crippen LogP contribution in [0.2, 0.25) is 0 Å². The summed E-state index contributed by atoms with van der Waals surface area (Å²) in [6, 6.07) is 19.6. The van der Waals surface area contributed by atoms with Crippen LogP contribution in [0.5, 0.6) is 0 Å². The van der Waals surface area contributed by atoms with Gasteiger partial charge in [-0.05, 0) is 25.0 Å². The molecule has 2 aromatic carbocycles. The predicted octanol–water partition coefficient (Wildman–Crippen LogP) is 4.88. The Labute approximate surface area is 174 Å². The SMILES string of the molecule is CCOC(=O)c1c(-c2ccccc2)csc1NC(=O)CN[C@H](C)c1ccccc1. The molecule has 3 aromatic rings. The van der Waals surface area contributed by atoms with Gasteiger partial charge in [-0.15, -0.1) is 11.3 Å². The number of ether oxygens (including phenoxy) is 1. The lowest BCUT2D eigenvalue weighted by atomic mass is 10.0. The second-order valence-corrected chi connectivity index (χ2v) is 7.38. The summed E-state index contributed by atoms with van der Waals surface area (Å²) in [6.07, 6.45) is 0. The summed E-state index contributed by atoms with van der Waals surface area (Å²) in [5, 5.41) is 8.44. The van der Waals surface area contributed by atoms with Crippen molar-refractivity contribution in [1.82, 2.24) is 5.32 Å². The number of rotatable bonds is 8.